The molecule has 1 aromatic heterocycles. The number of aryl methyl sites for hydroxylation is 1. The van der Waals surface area contributed by atoms with Crippen LogP contribution in [0.4, 0.5) is 30.9 Å². The van der Waals surface area contributed by atoms with Gasteiger partial charge in [-0.3, -0.25) is 0 Å². The summed E-state index contributed by atoms with van der Waals surface area (Å²) < 4.78 is 26.4. The van der Waals surface area contributed by atoms with Crippen LogP contribution in [0, 0.1) is 18.6 Å². The molecule has 160 valence electrons. The molecule has 3 heterocycles. The van der Waals surface area contributed by atoms with Gasteiger partial charge in [-0.1, -0.05) is 0 Å². The number of carbonyl (C=O) groups is 1. The third-order valence-corrected chi connectivity index (χ3v) is 5.55. The number of hydrogen-bond acceptors (Lipinski definition) is 5. The minimum Gasteiger partial charge on any atom is -0.356 e. The molecule has 2 aliphatic heterocycles. The van der Waals surface area contributed by atoms with Crippen LogP contribution in [-0.4, -0.2) is 60.2 Å². The number of carbonyl (C=O) groups excluding carboxylic acids is 1. The Kier molecular flexibility index (Phi) is 5.96. The fourth-order valence-electron chi connectivity index (χ4n) is 3.90. The summed E-state index contributed by atoms with van der Waals surface area (Å²) in [6.45, 7) is 6.25. The first-order valence-corrected chi connectivity index (χ1v) is 10.4. The average Bonchev–Trinajstić information content (AvgIpc) is 2.76. The molecule has 0 atom stereocenters. The summed E-state index contributed by atoms with van der Waals surface area (Å²) in [7, 11) is 0. The fourth-order valence-corrected chi connectivity index (χ4v) is 3.90. The highest BCUT2D eigenvalue weighted by atomic mass is 19.2. The van der Waals surface area contributed by atoms with Gasteiger partial charge in [0.2, 0.25) is 0 Å². The Bertz CT molecular complexity index is 910. The minimum absolute atomic E-state index is 0.235. The van der Waals surface area contributed by atoms with Gasteiger partial charge < -0.3 is 20.0 Å². The quantitative estimate of drug-likeness (QED) is 0.831. The zero-order chi connectivity index (χ0) is 21.1. The highest BCUT2D eigenvalue weighted by Crippen LogP contribution is 2.23. The van der Waals surface area contributed by atoms with E-state index in [4.69, 9.17) is 0 Å². The summed E-state index contributed by atoms with van der Waals surface area (Å²) in [5.74, 6) is 0.665. The van der Waals surface area contributed by atoms with Gasteiger partial charge in [0.25, 0.3) is 0 Å². The molecule has 1 aromatic carbocycles. The average molecular weight is 416 g/mol. The van der Waals surface area contributed by atoms with Gasteiger partial charge in [0.15, 0.2) is 11.6 Å². The van der Waals surface area contributed by atoms with Crippen molar-refractivity contribution in [1.29, 1.82) is 0 Å². The molecule has 2 aromatic rings. The Balaban J connectivity index is 1.37. The fraction of sp³-hybridized carbons (Fsp3) is 0.476. The molecule has 4 rings (SSSR count). The molecule has 2 saturated heterocycles. The topological polar surface area (TPSA) is 64.6 Å². The first-order chi connectivity index (χ1) is 14.5. The van der Waals surface area contributed by atoms with E-state index in [1.807, 2.05) is 13.0 Å². The number of benzene rings is 1. The molecular formula is C21H26F2N6O. The second-order valence-electron chi connectivity index (χ2n) is 7.71. The number of rotatable bonds is 3. The molecule has 0 radical (unpaired) electrons. The van der Waals surface area contributed by atoms with E-state index < -0.39 is 11.6 Å². The second-order valence-corrected chi connectivity index (χ2v) is 7.71. The van der Waals surface area contributed by atoms with Gasteiger partial charge in [-0.05, 0) is 38.3 Å². The third-order valence-electron chi connectivity index (χ3n) is 5.55. The summed E-state index contributed by atoms with van der Waals surface area (Å²) in [5, 5.41) is 2.63. The van der Waals surface area contributed by atoms with Crippen LogP contribution in [0.3, 0.4) is 0 Å². The van der Waals surface area contributed by atoms with Gasteiger partial charge in [0, 0.05) is 57.1 Å². The molecule has 2 aliphatic rings. The van der Waals surface area contributed by atoms with Crippen LogP contribution >= 0.6 is 0 Å². The third kappa shape index (κ3) is 4.60. The molecule has 2 fully saturated rings. The van der Waals surface area contributed by atoms with E-state index in [1.54, 1.807) is 4.90 Å². The summed E-state index contributed by atoms with van der Waals surface area (Å²) in [4.78, 5) is 27.8. The van der Waals surface area contributed by atoms with Crippen molar-refractivity contribution in [2.45, 2.75) is 26.2 Å². The van der Waals surface area contributed by atoms with Crippen LogP contribution in [-0.2, 0) is 0 Å². The molecule has 2 amide bonds. The normalized spacial score (nSPS) is 17.2. The van der Waals surface area contributed by atoms with Crippen molar-refractivity contribution >= 4 is 23.4 Å². The molecule has 7 nitrogen and oxygen atoms in total. The van der Waals surface area contributed by atoms with E-state index in [2.05, 4.69) is 25.1 Å². The first kappa shape index (κ1) is 20.3. The minimum atomic E-state index is -0.985. The van der Waals surface area contributed by atoms with Crippen LogP contribution in [0.1, 0.15) is 25.1 Å². The van der Waals surface area contributed by atoms with Crippen molar-refractivity contribution in [3.63, 3.8) is 0 Å². The van der Waals surface area contributed by atoms with Gasteiger partial charge in [0.1, 0.15) is 17.5 Å². The molecular weight excluding hydrogens is 390 g/mol. The number of amides is 2. The highest BCUT2D eigenvalue weighted by Gasteiger charge is 2.23. The van der Waals surface area contributed by atoms with E-state index in [0.29, 0.717) is 26.2 Å². The molecule has 0 unspecified atom stereocenters. The number of aromatic nitrogens is 2. The Morgan fingerprint density at radius 2 is 1.50 bits per heavy atom. The van der Waals surface area contributed by atoms with Crippen molar-refractivity contribution in [2.75, 3.05) is 54.4 Å². The number of urea groups is 1. The lowest BCUT2D eigenvalue weighted by molar-refractivity contribution is 0.208. The monoisotopic (exact) mass is 416 g/mol. The number of halogens is 2. The van der Waals surface area contributed by atoms with Crippen LogP contribution in [0.2, 0.25) is 0 Å². The van der Waals surface area contributed by atoms with Gasteiger partial charge in [-0.2, -0.15) is 0 Å². The number of anilines is 3. The Labute approximate surface area is 174 Å². The maximum absolute atomic E-state index is 13.3. The molecule has 9 heteroatoms. The molecule has 0 saturated carbocycles. The summed E-state index contributed by atoms with van der Waals surface area (Å²) >= 11 is 0. The van der Waals surface area contributed by atoms with Gasteiger partial charge in [0.05, 0.1) is 0 Å². The molecule has 0 aliphatic carbocycles. The number of nitrogens with one attached hydrogen (secondary N) is 1. The van der Waals surface area contributed by atoms with Crippen LogP contribution < -0.4 is 15.1 Å². The maximum Gasteiger partial charge on any atom is 0.321 e. The highest BCUT2D eigenvalue weighted by molar-refractivity contribution is 5.89. The standard InChI is InChI=1S/C21H26F2N6O/c1-15-24-19(27-7-3-2-4-8-27)14-20(25-15)28-9-11-29(12-10-28)21(30)26-16-5-6-17(22)18(23)13-16/h5-6,13-14H,2-4,7-12H2,1H3,(H,26,30). The van der Waals surface area contributed by atoms with E-state index in [1.165, 1.54) is 25.3 Å². The van der Waals surface area contributed by atoms with E-state index in [0.717, 1.165) is 42.7 Å². The van der Waals surface area contributed by atoms with Crippen molar-refractivity contribution < 1.29 is 13.6 Å². The van der Waals surface area contributed by atoms with Gasteiger partial charge in [-0.15, -0.1) is 0 Å². The van der Waals surface area contributed by atoms with E-state index in [-0.39, 0.29) is 11.7 Å². The number of piperazine rings is 1. The van der Waals surface area contributed by atoms with Gasteiger partial charge in [-0.25, -0.2) is 23.5 Å². The lowest BCUT2D eigenvalue weighted by Gasteiger charge is -2.36. The van der Waals surface area contributed by atoms with Crippen LogP contribution in [0.25, 0.3) is 0 Å². The number of piperidine rings is 1. The Hall–Kier alpha value is -2.97. The molecule has 1 N–H and O–H groups in total. The van der Waals surface area contributed by atoms with E-state index in [9.17, 15) is 13.6 Å². The summed E-state index contributed by atoms with van der Waals surface area (Å²) in [6.07, 6.45) is 3.64. The smallest absolute Gasteiger partial charge is 0.321 e. The zero-order valence-corrected chi connectivity index (χ0v) is 17.1. The predicted octanol–water partition coefficient (Wildman–Crippen LogP) is 3.41. The molecule has 0 spiro atoms. The summed E-state index contributed by atoms with van der Waals surface area (Å²) in [6, 6.07) is 5.04. The lowest BCUT2D eigenvalue weighted by Crippen LogP contribution is -2.50. The molecule has 0 bridgehead atoms. The lowest BCUT2D eigenvalue weighted by atomic mass is 10.1. The SMILES string of the molecule is Cc1nc(N2CCCCC2)cc(N2CCN(C(=O)Nc3ccc(F)c(F)c3)CC2)n1. The molecule has 30 heavy (non-hydrogen) atoms. The van der Waals surface area contributed by atoms with Crippen LogP contribution in [0.5, 0.6) is 0 Å². The van der Waals surface area contributed by atoms with Gasteiger partial charge >= 0.3 is 6.03 Å². The van der Waals surface area contributed by atoms with Crippen molar-refractivity contribution in [1.82, 2.24) is 14.9 Å². The second kappa shape index (κ2) is 8.81. The largest absolute Gasteiger partial charge is 0.356 e. The maximum atomic E-state index is 13.3. The van der Waals surface area contributed by atoms with Crippen molar-refractivity contribution in [3.8, 4) is 0 Å². The van der Waals surface area contributed by atoms with Crippen molar-refractivity contribution in [3.05, 3.63) is 41.7 Å². The Morgan fingerprint density at radius 3 is 2.13 bits per heavy atom. The zero-order valence-electron chi connectivity index (χ0n) is 17.1. The number of nitrogens with zero attached hydrogens (tertiary/aromatic N) is 5. The summed E-state index contributed by atoms with van der Waals surface area (Å²) in [5.41, 5.74) is 0.235. The number of hydrogen-bond donors (Lipinski definition) is 1. The van der Waals surface area contributed by atoms with Crippen LogP contribution in [0.15, 0.2) is 24.3 Å². The predicted molar refractivity (Wildman–Crippen MR) is 112 cm³/mol. The van der Waals surface area contributed by atoms with Crippen molar-refractivity contribution in [2.24, 2.45) is 0 Å². The first-order valence-electron chi connectivity index (χ1n) is 10.4. The Morgan fingerprint density at radius 1 is 0.867 bits per heavy atom. The van der Waals surface area contributed by atoms with E-state index >= 15 is 0 Å².